The molecule has 0 spiro atoms. The zero-order chi connectivity index (χ0) is 16.0. The lowest BCUT2D eigenvalue weighted by Gasteiger charge is -2.24. The lowest BCUT2D eigenvalue weighted by Crippen LogP contribution is -2.39. The van der Waals surface area contributed by atoms with Gasteiger partial charge in [-0.1, -0.05) is 12.1 Å². The maximum atomic E-state index is 12.5. The smallest absolute Gasteiger partial charge is 0.343 e. The highest BCUT2D eigenvalue weighted by Crippen LogP contribution is 2.29. The van der Waals surface area contributed by atoms with Gasteiger partial charge in [0.2, 0.25) is 5.91 Å². The van der Waals surface area contributed by atoms with Gasteiger partial charge in [0.05, 0.1) is 11.5 Å². The molecule has 0 saturated heterocycles. The average Bonchev–Trinajstić information content (AvgIpc) is 2.45. The van der Waals surface area contributed by atoms with Crippen LogP contribution in [-0.4, -0.2) is 30.4 Å². The maximum Gasteiger partial charge on any atom is 0.416 e. The van der Waals surface area contributed by atoms with Crippen LogP contribution in [0.2, 0.25) is 0 Å². The number of carbonyl (C=O) groups excluding carboxylic acids is 1. The second kappa shape index (κ2) is 7.45. The Hall–Kier alpha value is -1.56. The molecule has 3 nitrogen and oxygen atoms in total. The summed E-state index contributed by atoms with van der Waals surface area (Å²) in [6.07, 6.45) is -3.99. The Morgan fingerprint density at radius 3 is 2.10 bits per heavy atom. The molecule has 1 unspecified atom stereocenters. The molecule has 2 N–H and O–H groups in total. The number of nitrogens with two attached hydrogens (primary N) is 1. The molecule has 1 amide bonds. The molecule has 0 radical (unpaired) electrons. The van der Waals surface area contributed by atoms with Crippen molar-refractivity contribution in [2.45, 2.75) is 26.4 Å². The Bertz CT molecular complexity index is 453. The molecule has 0 aromatic heterocycles. The number of halogens is 3. The highest BCUT2D eigenvalue weighted by Gasteiger charge is 2.30. The van der Waals surface area contributed by atoms with Gasteiger partial charge in [0, 0.05) is 19.6 Å². The van der Waals surface area contributed by atoms with E-state index < -0.39 is 17.7 Å². The van der Waals surface area contributed by atoms with Crippen LogP contribution in [0, 0.1) is 5.92 Å². The monoisotopic (exact) mass is 302 g/mol. The van der Waals surface area contributed by atoms with E-state index in [1.54, 1.807) is 4.90 Å². The number of nitrogens with zero attached hydrogens (tertiary/aromatic N) is 1. The Morgan fingerprint density at radius 2 is 1.71 bits per heavy atom. The molecule has 0 saturated carbocycles. The molecule has 1 rings (SSSR count). The summed E-state index contributed by atoms with van der Waals surface area (Å²) >= 11 is 0. The minimum atomic E-state index is -4.34. The predicted octanol–water partition coefficient (Wildman–Crippen LogP) is 2.69. The average molecular weight is 302 g/mol. The van der Waals surface area contributed by atoms with Crippen molar-refractivity contribution in [2.24, 2.45) is 11.7 Å². The molecule has 0 aliphatic heterocycles. The number of alkyl halides is 3. The Kier molecular flexibility index (Phi) is 6.20. The van der Waals surface area contributed by atoms with Crippen LogP contribution in [0.4, 0.5) is 13.2 Å². The number of benzene rings is 1. The predicted molar refractivity (Wildman–Crippen MR) is 75.6 cm³/mol. The normalized spacial score (nSPS) is 13.0. The zero-order valence-corrected chi connectivity index (χ0v) is 12.3. The van der Waals surface area contributed by atoms with Crippen molar-refractivity contribution in [1.82, 2.24) is 4.90 Å². The van der Waals surface area contributed by atoms with E-state index in [9.17, 15) is 18.0 Å². The van der Waals surface area contributed by atoms with E-state index in [0.29, 0.717) is 25.1 Å². The van der Waals surface area contributed by atoms with E-state index in [-0.39, 0.29) is 12.5 Å². The fraction of sp³-hybridized carbons (Fsp3) is 0.533. The van der Waals surface area contributed by atoms with Gasteiger partial charge >= 0.3 is 6.18 Å². The lowest BCUT2D eigenvalue weighted by atomic mass is 9.97. The maximum absolute atomic E-state index is 12.5. The molecule has 0 aliphatic rings. The van der Waals surface area contributed by atoms with E-state index in [2.05, 4.69) is 0 Å². The summed E-state index contributed by atoms with van der Waals surface area (Å²) in [4.78, 5) is 13.9. The third kappa shape index (κ3) is 4.74. The van der Waals surface area contributed by atoms with Crippen molar-refractivity contribution in [2.75, 3.05) is 19.6 Å². The van der Waals surface area contributed by atoms with Crippen molar-refractivity contribution >= 4 is 5.91 Å². The molecule has 1 aromatic rings. The van der Waals surface area contributed by atoms with E-state index in [1.165, 1.54) is 12.1 Å². The van der Waals surface area contributed by atoms with E-state index in [1.807, 2.05) is 13.8 Å². The van der Waals surface area contributed by atoms with Crippen molar-refractivity contribution in [3.63, 3.8) is 0 Å². The van der Waals surface area contributed by atoms with Crippen LogP contribution in [-0.2, 0) is 17.4 Å². The first-order valence-corrected chi connectivity index (χ1v) is 6.98. The van der Waals surface area contributed by atoms with Crippen LogP contribution >= 0.6 is 0 Å². The number of amides is 1. The summed E-state index contributed by atoms with van der Waals surface area (Å²) in [5.74, 6) is -0.455. The summed E-state index contributed by atoms with van der Waals surface area (Å²) in [5.41, 5.74) is 5.63. The minimum absolute atomic E-state index is 0.0533. The molecule has 1 aromatic carbocycles. The number of hydrogen-bond acceptors (Lipinski definition) is 2. The number of carbonyl (C=O) groups is 1. The van der Waals surface area contributed by atoms with Crippen LogP contribution < -0.4 is 5.73 Å². The zero-order valence-electron chi connectivity index (χ0n) is 12.3. The highest BCUT2D eigenvalue weighted by atomic mass is 19.4. The molecule has 0 fully saturated rings. The summed E-state index contributed by atoms with van der Waals surface area (Å²) in [6, 6.07) is 4.87. The third-order valence-electron chi connectivity index (χ3n) is 3.47. The molecular formula is C15H21F3N2O. The van der Waals surface area contributed by atoms with Crippen LogP contribution in [0.15, 0.2) is 24.3 Å². The molecule has 1 atom stereocenters. The van der Waals surface area contributed by atoms with E-state index in [0.717, 1.165) is 12.1 Å². The van der Waals surface area contributed by atoms with Gasteiger partial charge in [-0.25, -0.2) is 0 Å². The Balaban J connectivity index is 2.80. The van der Waals surface area contributed by atoms with Crippen LogP contribution in [0.1, 0.15) is 25.0 Å². The highest BCUT2D eigenvalue weighted by molar-refractivity contribution is 5.79. The largest absolute Gasteiger partial charge is 0.416 e. The summed E-state index contributed by atoms with van der Waals surface area (Å²) in [6.45, 7) is 5.13. The van der Waals surface area contributed by atoms with Crippen LogP contribution in [0.3, 0.4) is 0 Å². The summed E-state index contributed by atoms with van der Waals surface area (Å²) in [7, 11) is 0. The minimum Gasteiger partial charge on any atom is -0.343 e. The lowest BCUT2D eigenvalue weighted by molar-refractivity contribution is -0.137. The SMILES string of the molecule is CCN(CC)C(=O)C(CN)Cc1ccc(C(F)(F)F)cc1. The Labute approximate surface area is 122 Å². The Morgan fingerprint density at radius 1 is 1.19 bits per heavy atom. The van der Waals surface area contributed by atoms with Crippen LogP contribution in [0.25, 0.3) is 0 Å². The fourth-order valence-corrected chi connectivity index (χ4v) is 2.18. The van der Waals surface area contributed by atoms with Crippen molar-refractivity contribution in [3.05, 3.63) is 35.4 Å². The van der Waals surface area contributed by atoms with Gasteiger partial charge in [0.15, 0.2) is 0 Å². The van der Waals surface area contributed by atoms with Gasteiger partial charge in [0.1, 0.15) is 0 Å². The summed E-state index contributed by atoms with van der Waals surface area (Å²) < 4.78 is 37.5. The van der Waals surface area contributed by atoms with Gasteiger partial charge in [-0.05, 0) is 38.0 Å². The van der Waals surface area contributed by atoms with Gasteiger partial charge < -0.3 is 10.6 Å². The standard InChI is InChI=1S/C15H21F3N2O/c1-3-20(4-2)14(21)12(10-19)9-11-5-7-13(8-6-11)15(16,17)18/h5-8,12H,3-4,9-10,19H2,1-2H3. The van der Waals surface area contributed by atoms with Gasteiger partial charge in [-0.15, -0.1) is 0 Å². The third-order valence-corrected chi connectivity index (χ3v) is 3.47. The first-order valence-electron chi connectivity index (χ1n) is 6.98. The first-order chi connectivity index (χ1) is 9.83. The molecule has 6 heteroatoms. The second-order valence-corrected chi connectivity index (χ2v) is 4.84. The van der Waals surface area contributed by atoms with Crippen molar-refractivity contribution in [1.29, 1.82) is 0 Å². The second-order valence-electron chi connectivity index (χ2n) is 4.84. The van der Waals surface area contributed by atoms with E-state index >= 15 is 0 Å². The van der Waals surface area contributed by atoms with E-state index in [4.69, 9.17) is 5.73 Å². The molecule has 0 heterocycles. The molecule has 0 aliphatic carbocycles. The van der Waals surface area contributed by atoms with Gasteiger partial charge in [-0.3, -0.25) is 4.79 Å². The number of rotatable bonds is 6. The molecule has 0 bridgehead atoms. The molecular weight excluding hydrogens is 281 g/mol. The fourth-order valence-electron chi connectivity index (χ4n) is 2.18. The van der Waals surface area contributed by atoms with Gasteiger partial charge in [0.25, 0.3) is 0 Å². The van der Waals surface area contributed by atoms with Crippen LogP contribution in [0.5, 0.6) is 0 Å². The van der Waals surface area contributed by atoms with Crippen molar-refractivity contribution in [3.8, 4) is 0 Å². The van der Waals surface area contributed by atoms with Gasteiger partial charge in [-0.2, -0.15) is 13.2 Å². The summed E-state index contributed by atoms with van der Waals surface area (Å²) in [5, 5.41) is 0. The van der Waals surface area contributed by atoms with Crippen molar-refractivity contribution < 1.29 is 18.0 Å². The molecule has 118 valence electrons. The topological polar surface area (TPSA) is 46.3 Å². The molecule has 21 heavy (non-hydrogen) atoms. The number of hydrogen-bond donors (Lipinski definition) is 1. The first kappa shape index (κ1) is 17.5. The quantitative estimate of drug-likeness (QED) is 0.878.